The quantitative estimate of drug-likeness (QED) is 0.832. The Labute approximate surface area is 113 Å². The summed E-state index contributed by atoms with van der Waals surface area (Å²) in [6.45, 7) is 2.03. The maximum Gasteiger partial charge on any atom is 0.317 e. The Morgan fingerprint density at radius 3 is 3.05 bits per heavy atom. The number of rotatable bonds is 3. The first-order valence-corrected chi connectivity index (χ1v) is 6.70. The van der Waals surface area contributed by atoms with E-state index in [-0.39, 0.29) is 6.03 Å². The van der Waals surface area contributed by atoms with Crippen LogP contribution in [0.5, 0.6) is 0 Å². The van der Waals surface area contributed by atoms with Gasteiger partial charge in [-0.3, -0.25) is 5.10 Å². The Morgan fingerprint density at radius 2 is 2.37 bits per heavy atom. The van der Waals surface area contributed by atoms with Crippen LogP contribution in [-0.2, 0) is 6.54 Å². The molecule has 2 N–H and O–H groups in total. The van der Waals surface area contributed by atoms with Crippen molar-refractivity contribution in [1.82, 2.24) is 30.3 Å². The molecule has 0 aliphatic carbocycles. The maximum absolute atomic E-state index is 12.1. The predicted molar refractivity (Wildman–Crippen MR) is 71.5 cm³/mol. The van der Waals surface area contributed by atoms with Crippen LogP contribution in [0.15, 0.2) is 6.33 Å². The Balaban J connectivity index is 1.79. The number of hydrogen-bond acceptors (Lipinski definition) is 4. The fourth-order valence-electron chi connectivity index (χ4n) is 2.39. The number of aromatic nitrogens is 3. The molecular formula is C12H22N6O. The molecular weight excluding hydrogens is 244 g/mol. The van der Waals surface area contributed by atoms with Crippen LogP contribution < -0.4 is 5.32 Å². The van der Waals surface area contributed by atoms with Crippen molar-refractivity contribution in [2.45, 2.75) is 31.8 Å². The number of nitrogens with one attached hydrogen (secondary N) is 2. The lowest BCUT2D eigenvalue weighted by Crippen LogP contribution is -2.40. The van der Waals surface area contributed by atoms with Gasteiger partial charge in [0.05, 0.1) is 6.54 Å². The number of amides is 2. The van der Waals surface area contributed by atoms with E-state index >= 15 is 0 Å². The fraction of sp³-hybridized carbons (Fsp3) is 0.750. The molecule has 1 unspecified atom stereocenters. The van der Waals surface area contributed by atoms with Crippen LogP contribution in [0.1, 0.15) is 25.1 Å². The topological polar surface area (TPSA) is 77.2 Å². The van der Waals surface area contributed by atoms with E-state index in [1.807, 2.05) is 4.90 Å². The van der Waals surface area contributed by atoms with Crippen molar-refractivity contribution in [3.8, 4) is 0 Å². The normalized spacial score (nSPS) is 20.4. The van der Waals surface area contributed by atoms with Gasteiger partial charge in [-0.15, -0.1) is 0 Å². The molecule has 19 heavy (non-hydrogen) atoms. The summed E-state index contributed by atoms with van der Waals surface area (Å²) in [5.41, 5.74) is 0. The van der Waals surface area contributed by atoms with Crippen LogP contribution in [0.3, 0.4) is 0 Å². The minimum Gasteiger partial charge on any atom is -0.331 e. The van der Waals surface area contributed by atoms with Gasteiger partial charge in [0, 0.05) is 19.1 Å². The number of aromatic amines is 1. The zero-order valence-corrected chi connectivity index (χ0v) is 11.6. The molecule has 0 spiro atoms. The molecule has 2 heterocycles. The molecule has 0 radical (unpaired) electrons. The largest absolute Gasteiger partial charge is 0.331 e. The fourth-order valence-corrected chi connectivity index (χ4v) is 2.39. The van der Waals surface area contributed by atoms with Crippen molar-refractivity contribution < 1.29 is 4.79 Å². The molecule has 0 saturated carbocycles. The number of H-pyrrole nitrogens is 1. The first-order chi connectivity index (χ1) is 9.16. The van der Waals surface area contributed by atoms with Crippen molar-refractivity contribution >= 4 is 6.03 Å². The van der Waals surface area contributed by atoms with Gasteiger partial charge in [-0.1, -0.05) is 0 Å². The zero-order valence-electron chi connectivity index (χ0n) is 11.6. The van der Waals surface area contributed by atoms with E-state index in [2.05, 4.69) is 39.5 Å². The molecule has 7 heteroatoms. The predicted octanol–water partition coefficient (Wildman–Crippen LogP) is 0.430. The Kier molecular flexibility index (Phi) is 4.73. The van der Waals surface area contributed by atoms with Crippen molar-refractivity contribution in [1.29, 1.82) is 0 Å². The molecule has 2 amide bonds. The summed E-state index contributed by atoms with van der Waals surface area (Å²) in [6.07, 6.45) is 4.68. The van der Waals surface area contributed by atoms with Crippen LogP contribution in [0, 0.1) is 0 Å². The lowest BCUT2D eigenvalue weighted by atomic mass is 10.1. The van der Waals surface area contributed by atoms with Crippen molar-refractivity contribution in [2.75, 3.05) is 27.2 Å². The standard InChI is InChI=1S/C12H22N6O/c1-17(2)10-4-3-6-18(7-5-10)12(19)13-8-11-14-9-15-16-11/h9-10H,3-8H2,1-2H3,(H,13,19)(H,14,15,16). The monoisotopic (exact) mass is 266 g/mol. The van der Waals surface area contributed by atoms with Crippen LogP contribution in [-0.4, -0.2) is 64.2 Å². The second kappa shape index (κ2) is 6.51. The van der Waals surface area contributed by atoms with Gasteiger partial charge in [-0.05, 0) is 33.4 Å². The van der Waals surface area contributed by atoms with E-state index in [1.165, 1.54) is 6.33 Å². The molecule has 106 valence electrons. The molecule has 0 aromatic carbocycles. The summed E-state index contributed by atoms with van der Waals surface area (Å²) in [7, 11) is 4.20. The average molecular weight is 266 g/mol. The average Bonchev–Trinajstić information content (AvgIpc) is 2.77. The highest BCUT2D eigenvalue weighted by Gasteiger charge is 2.21. The second-order valence-electron chi connectivity index (χ2n) is 5.13. The van der Waals surface area contributed by atoms with Crippen molar-refractivity contribution in [3.63, 3.8) is 0 Å². The summed E-state index contributed by atoms with van der Waals surface area (Å²) >= 11 is 0. The molecule has 1 aromatic rings. The zero-order chi connectivity index (χ0) is 13.7. The van der Waals surface area contributed by atoms with Crippen molar-refractivity contribution in [3.05, 3.63) is 12.2 Å². The van der Waals surface area contributed by atoms with Gasteiger partial charge in [0.15, 0.2) is 0 Å². The smallest absolute Gasteiger partial charge is 0.317 e. The third-order valence-corrected chi connectivity index (χ3v) is 3.59. The molecule has 1 fully saturated rings. The van der Waals surface area contributed by atoms with E-state index in [0.29, 0.717) is 18.4 Å². The summed E-state index contributed by atoms with van der Waals surface area (Å²) < 4.78 is 0. The molecule has 1 atom stereocenters. The van der Waals surface area contributed by atoms with Crippen LogP contribution in [0.2, 0.25) is 0 Å². The highest BCUT2D eigenvalue weighted by molar-refractivity contribution is 5.74. The second-order valence-corrected chi connectivity index (χ2v) is 5.13. The third-order valence-electron chi connectivity index (χ3n) is 3.59. The van der Waals surface area contributed by atoms with Gasteiger partial charge in [-0.25, -0.2) is 9.78 Å². The summed E-state index contributed by atoms with van der Waals surface area (Å²) in [5, 5.41) is 9.35. The van der Waals surface area contributed by atoms with E-state index in [1.54, 1.807) is 0 Å². The molecule has 1 aliphatic rings. The molecule has 0 bridgehead atoms. The molecule has 1 aliphatic heterocycles. The number of carbonyl (C=O) groups excluding carboxylic acids is 1. The Bertz CT molecular complexity index is 391. The molecule has 2 rings (SSSR count). The number of hydrogen-bond donors (Lipinski definition) is 2. The Hall–Kier alpha value is -1.63. The van der Waals surface area contributed by atoms with E-state index in [4.69, 9.17) is 0 Å². The van der Waals surface area contributed by atoms with Crippen LogP contribution in [0.4, 0.5) is 4.79 Å². The maximum atomic E-state index is 12.1. The lowest BCUT2D eigenvalue weighted by molar-refractivity contribution is 0.196. The minimum atomic E-state index is -0.0178. The first-order valence-electron chi connectivity index (χ1n) is 6.70. The van der Waals surface area contributed by atoms with Crippen LogP contribution >= 0.6 is 0 Å². The van der Waals surface area contributed by atoms with Gasteiger partial charge in [-0.2, -0.15) is 5.10 Å². The summed E-state index contributed by atoms with van der Waals surface area (Å²) in [4.78, 5) is 20.2. The van der Waals surface area contributed by atoms with E-state index < -0.39 is 0 Å². The van der Waals surface area contributed by atoms with Gasteiger partial charge in [0.2, 0.25) is 0 Å². The van der Waals surface area contributed by atoms with Gasteiger partial charge in [0.25, 0.3) is 0 Å². The van der Waals surface area contributed by atoms with Crippen LogP contribution in [0.25, 0.3) is 0 Å². The highest BCUT2D eigenvalue weighted by Crippen LogP contribution is 2.14. The molecule has 1 saturated heterocycles. The Morgan fingerprint density at radius 1 is 1.53 bits per heavy atom. The number of likely N-dealkylation sites (tertiary alicyclic amines) is 1. The summed E-state index contributed by atoms with van der Waals surface area (Å²) in [6, 6.07) is 0.558. The molecule has 1 aromatic heterocycles. The van der Waals surface area contributed by atoms with Gasteiger partial charge < -0.3 is 15.1 Å². The SMILES string of the molecule is CN(C)C1CCCN(C(=O)NCc2ncn[nH]2)CC1. The minimum absolute atomic E-state index is 0.0178. The van der Waals surface area contributed by atoms with E-state index in [9.17, 15) is 4.79 Å². The van der Waals surface area contributed by atoms with E-state index in [0.717, 1.165) is 32.4 Å². The number of urea groups is 1. The summed E-state index contributed by atoms with van der Waals surface area (Å²) in [5.74, 6) is 0.675. The number of nitrogens with zero attached hydrogens (tertiary/aromatic N) is 4. The third kappa shape index (κ3) is 3.92. The highest BCUT2D eigenvalue weighted by atomic mass is 16.2. The van der Waals surface area contributed by atoms with Gasteiger partial charge in [0.1, 0.15) is 12.2 Å². The van der Waals surface area contributed by atoms with Crippen molar-refractivity contribution in [2.24, 2.45) is 0 Å². The lowest BCUT2D eigenvalue weighted by Gasteiger charge is -2.23. The van der Waals surface area contributed by atoms with Gasteiger partial charge >= 0.3 is 6.03 Å². The first kappa shape index (κ1) is 13.8. The number of carbonyl (C=O) groups is 1. The molecule has 7 nitrogen and oxygen atoms in total.